The molecule has 1 aliphatic rings. The Bertz CT molecular complexity index is 1210. The predicted octanol–water partition coefficient (Wildman–Crippen LogP) is 2.87. The van der Waals surface area contributed by atoms with Gasteiger partial charge in [-0.05, 0) is 56.3 Å². The van der Waals surface area contributed by atoms with E-state index < -0.39 is 0 Å². The second kappa shape index (κ2) is 7.33. The second-order valence-corrected chi connectivity index (χ2v) is 7.44. The molecule has 4 heterocycles. The van der Waals surface area contributed by atoms with Crippen molar-refractivity contribution in [3.05, 3.63) is 48.3 Å². The Morgan fingerprint density at radius 2 is 2.00 bits per heavy atom. The average Bonchev–Trinajstić information content (AvgIpc) is 3.43. The zero-order valence-corrected chi connectivity index (χ0v) is 16.4. The van der Waals surface area contributed by atoms with Gasteiger partial charge in [-0.2, -0.15) is 0 Å². The van der Waals surface area contributed by atoms with Gasteiger partial charge in [-0.1, -0.05) is 0 Å². The number of aromatic nitrogens is 3. The second-order valence-electron chi connectivity index (χ2n) is 7.44. The van der Waals surface area contributed by atoms with E-state index in [9.17, 15) is 4.79 Å². The van der Waals surface area contributed by atoms with Crippen molar-refractivity contribution < 1.29 is 9.53 Å². The maximum atomic E-state index is 12.9. The van der Waals surface area contributed by atoms with E-state index >= 15 is 0 Å². The van der Waals surface area contributed by atoms with Crippen LogP contribution in [0.2, 0.25) is 0 Å². The summed E-state index contributed by atoms with van der Waals surface area (Å²) in [5.74, 6) is 0.676. The van der Waals surface area contributed by atoms with Gasteiger partial charge in [0.15, 0.2) is 5.65 Å². The van der Waals surface area contributed by atoms with Crippen LogP contribution in [0.3, 0.4) is 0 Å². The number of amides is 1. The van der Waals surface area contributed by atoms with Crippen LogP contribution in [0.1, 0.15) is 23.2 Å². The summed E-state index contributed by atoms with van der Waals surface area (Å²) in [7, 11) is 1.65. The lowest BCUT2D eigenvalue weighted by Gasteiger charge is -2.15. The number of pyridine rings is 2. The van der Waals surface area contributed by atoms with Gasteiger partial charge in [0.1, 0.15) is 11.4 Å². The molecule has 0 atom stereocenters. The molecule has 1 aromatic carbocycles. The molecule has 7 nitrogen and oxygen atoms in total. The van der Waals surface area contributed by atoms with Crippen molar-refractivity contribution >= 4 is 33.5 Å². The number of likely N-dealkylation sites (tertiary alicyclic amines) is 1. The Kier molecular flexibility index (Phi) is 4.52. The first-order chi connectivity index (χ1) is 14.2. The van der Waals surface area contributed by atoms with Crippen molar-refractivity contribution in [1.29, 1.82) is 0 Å². The molecule has 1 fully saturated rings. The topological polar surface area (TPSA) is 71.8 Å². The maximum absolute atomic E-state index is 12.9. The number of methoxy groups -OCH3 is 1. The molecule has 0 unspecified atom stereocenters. The summed E-state index contributed by atoms with van der Waals surface area (Å²) < 4.78 is 7.21. The van der Waals surface area contributed by atoms with Crippen LogP contribution in [0.4, 0.5) is 0 Å². The molecule has 7 heteroatoms. The third kappa shape index (κ3) is 3.27. The van der Waals surface area contributed by atoms with E-state index in [0.29, 0.717) is 17.8 Å². The number of carbonyl (C=O) groups excluding carboxylic acids is 1. The number of nitrogens with zero attached hydrogens (tertiary/aromatic N) is 4. The Labute approximate surface area is 168 Å². The molecule has 0 bridgehead atoms. The maximum Gasteiger partial charge on any atom is 0.255 e. The standard InChI is InChI=1S/C22H23N5O2/c1-29-17-4-5-19-15(13-17)12-16-14-18(21-23-7-11-27(21)20(16)25-19)22(28)24-6-10-26-8-2-3-9-26/h4-5,7,11-14H,2-3,6,8-10H2,1H3,(H,24,28). The van der Waals surface area contributed by atoms with Crippen LogP contribution in [0.25, 0.3) is 27.6 Å². The molecule has 0 spiro atoms. The summed E-state index contributed by atoms with van der Waals surface area (Å²) in [6.07, 6.45) is 6.05. The predicted molar refractivity (Wildman–Crippen MR) is 113 cm³/mol. The Morgan fingerprint density at radius 1 is 1.14 bits per heavy atom. The fourth-order valence-electron chi connectivity index (χ4n) is 4.08. The summed E-state index contributed by atoms with van der Waals surface area (Å²) in [5.41, 5.74) is 2.84. The monoisotopic (exact) mass is 389 g/mol. The molecule has 1 aliphatic heterocycles. The molecule has 1 saturated heterocycles. The number of rotatable bonds is 5. The molecule has 4 aromatic rings. The molecular weight excluding hydrogens is 366 g/mol. The third-order valence-corrected chi connectivity index (χ3v) is 5.60. The number of hydrogen-bond donors (Lipinski definition) is 1. The molecule has 1 amide bonds. The van der Waals surface area contributed by atoms with E-state index in [-0.39, 0.29) is 5.91 Å². The van der Waals surface area contributed by atoms with Gasteiger partial charge in [-0.25, -0.2) is 9.97 Å². The number of hydrogen-bond acceptors (Lipinski definition) is 5. The van der Waals surface area contributed by atoms with Crippen molar-refractivity contribution in [2.75, 3.05) is 33.3 Å². The van der Waals surface area contributed by atoms with Crippen molar-refractivity contribution in [2.24, 2.45) is 0 Å². The highest BCUT2D eigenvalue weighted by Crippen LogP contribution is 2.26. The molecule has 29 heavy (non-hydrogen) atoms. The fourth-order valence-corrected chi connectivity index (χ4v) is 4.08. The first kappa shape index (κ1) is 17.9. The highest BCUT2D eigenvalue weighted by Gasteiger charge is 2.17. The summed E-state index contributed by atoms with van der Waals surface area (Å²) in [6.45, 7) is 3.77. The summed E-state index contributed by atoms with van der Waals surface area (Å²) >= 11 is 0. The van der Waals surface area contributed by atoms with E-state index in [2.05, 4.69) is 15.2 Å². The van der Waals surface area contributed by atoms with Crippen LogP contribution < -0.4 is 10.1 Å². The third-order valence-electron chi connectivity index (χ3n) is 5.60. The number of fused-ring (bicyclic) bond motifs is 4. The Morgan fingerprint density at radius 3 is 2.83 bits per heavy atom. The zero-order valence-electron chi connectivity index (χ0n) is 16.4. The van der Waals surface area contributed by atoms with Gasteiger partial charge in [0.05, 0.1) is 18.2 Å². The van der Waals surface area contributed by atoms with Gasteiger partial charge in [0.2, 0.25) is 0 Å². The van der Waals surface area contributed by atoms with Crippen LogP contribution in [0.5, 0.6) is 5.75 Å². The van der Waals surface area contributed by atoms with Crippen LogP contribution in [0.15, 0.2) is 42.7 Å². The highest BCUT2D eigenvalue weighted by molar-refractivity contribution is 6.04. The van der Waals surface area contributed by atoms with E-state index in [1.54, 1.807) is 13.3 Å². The van der Waals surface area contributed by atoms with E-state index in [0.717, 1.165) is 47.3 Å². The Balaban J connectivity index is 1.52. The molecular formula is C22H23N5O2. The van der Waals surface area contributed by atoms with Gasteiger partial charge >= 0.3 is 0 Å². The quantitative estimate of drug-likeness (QED) is 0.532. The van der Waals surface area contributed by atoms with Crippen molar-refractivity contribution in [1.82, 2.24) is 24.6 Å². The first-order valence-electron chi connectivity index (χ1n) is 9.98. The van der Waals surface area contributed by atoms with Gasteiger partial charge in [0.25, 0.3) is 5.91 Å². The first-order valence-corrected chi connectivity index (χ1v) is 9.98. The molecule has 1 N–H and O–H groups in total. The van der Waals surface area contributed by atoms with Gasteiger partial charge in [-0.3, -0.25) is 9.20 Å². The summed E-state index contributed by atoms with van der Waals surface area (Å²) in [5, 5.41) is 4.91. The van der Waals surface area contributed by atoms with Crippen molar-refractivity contribution in [2.45, 2.75) is 12.8 Å². The lowest BCUT2D eigenvalue weighted by Crippen LogP contribution is -2.33. The summed E-state index contributed by atoms with van der Waals surface area (Å²) in [6, 6.07) is 9.72. The number of carbonyl (C=O) groups is 1. The lowest BCUT2D eigenvalue weighted by atomic mass is 10.1. The molecule has 0 saturated carbocycles. The van der Waals surface area contributed by atoms with E-state index in [1.807, 2.05) is 40.9 Å². The van der Waals surface area contributed by atoms with Crippen molar-refractivity contribution in [3.8, 4) is 5.75 Å². The average molecular weight is 389 g/mol. The van der Waals surface area contributed by atoms with E-state index in [4.69, 9.17) is 9.72 Å². The van der Waals surface area contributed by atoms with Crippen LogP contribution in [0, 0.1) is 0 Å². The smallest absolute Gasteiger partial charge is 0.255 e. The van der Waals surface area contributed by atoms with Crippen LogP contribution >= 0.6 is 0 Å². The van der Waals surface area contributed by atoms with Gasteiger partial charge < -0.3 is 15.0 Å². The van der Waals surface area contributed by atoms with Crippen LogP contribution in [-0.2, 0) is 0 Å². The van der Waals surface area contributed by atoms with Crippen LogP contribution in [-0.4, -0.2) is 58.5 Å². The zero-order chi connectivity index (χ0) is 19.8. The molecule has 0 radical (unpaired) electrons. The molecule has 148 valence electrons. The minimum atomic E-state index is -0.104. The number of benzene rings is 1. The van der Waals surface area contributed by atoms with Crippen molar-refractivity contribution in [3.63, 3.8) is 0 Å². The summed E-state index contributed by atoms with van der Waals surface area (Å²) in [4.78, 5) is 24.5. The van der Waals surface area contributed by atoms with E-state index in [1.165, 1.54) is 12.8 Å². The number of imidazole rings is 1. The number of nitrogens with one attached hydrogen (secondary N) is 1. The molecule has 0 aliphatic carbocycles. The Hall–Kier alpha value is -3.19. The SMILES string of the molecule is COc1ccc2nc3c(cc(C(=O)NCCN4CCCC4)c4nccn43)cc2c1. The van der Waals surface area contributed by atoms with Gasteiger partial charge in [0, 0.05) is 36.3 Å². The van der Waals surface area contributed by atoms with Gasteiger partial charge in [-0.15, -0.1) is 0 Å². The lowest BCUT2D eigenvalue weighted by molar-refractivity contribution is 0.0951. The molecule has 5 rings (SSSR count). The largest absolute Gasteiger partial charge is 0.497 e. The minimum absolute atomic E-state index is 0.104. The normalized spacial score (nSPS) is 14.8. The highest BCUT2D eigenvalue weighted by atomic mass is 16.5. The number of ether oxygens (including phenoxy) is 1. The minimum Gasteiger partial charge on any atom is -0.497 e. The fraction of sp³-hybridized carbons (Fsp3) is 0.318. The molecule has 3 aromatic heterocycles.